The highest BCUT2D eigenvalue weighted by Gasteiger charge is 2.27. The van der Waals surface area contributed by atoms with Crippen LogP contribution in [0.3, 0.4) is 0 Å². The first-order chi connectivity index (χ1) is 11.9. The van der Waals surface area contributed by atoms with E-state index in [4.69, 9.17) is 0 Å². The molecule has 1 aliphatic carbocycles. The molecule has 1 heterocycles. The van der Waals surface area contributed by atoms with Crippen molar-refractivity contribution in [3.05, 3.63) is 36.2 Å². The monoisotopic (exact) mass is 360 g/mol. The van der Waals surface area contributed by atoms with E-state index in [-0.39, 0.29) is 12.1 Å². The number of amides is 2. The van der Waals surface area contributed by atoms with Crippen LogP contribution < -0.4 is 15.5 Å². The topological polar surface area (TPSA) is 99.4 Å². The molecule has 132 valence electrons. The zero-order chi connectivity index (χ0) is 18.0. The van der Waals surface area contributed by atoms with Gasteiger partial charge in [0.25, 0.3) is 0 Å². The van der Waals surface area contributed by atoms with Crippen LogP contribution >= 0.6 is 11.9 Å². The summed E-state index contributed by atoms with van der Waals surface area (Å²) in [7, 11) is -1.56. The predicted octanol–water partition coefficient (Wildman–Crippen LogP) is 1.85. The first kappa shape index (κ1) is 17.8. The molecule has 3 rings (SSSR count). The number of urea groups is 1. The van der Waals surface area contributed by atoms with Gasteiger partial charge >= 0.3 is 13.1 Å². The van der Waals surface area contributed by atoms with Gasteiger partial charge in [-0.1, -0.05) is 12.1 Å². The Hall–Kier alpha value is -1.97. The van der Waals surface area contributed by atoms with E-state index in [0.717, 1.165) is 23.3 Å². The normalized spacial score (nSPS) is 13.8. The third-order valence-corrected chi connectivity index (χ3v) is 4.74. The Labute approximate surface area is 151 Å². The van der Waals surface area contributed by atoms with E-state index < -0.39 is 7.12 Å². The first-order valence-corrected chi connectivity index (χ1v) is 9.03. The fourth-order valence-corrected chi connectivity index (χ4v) is 3.02. The van der Waals surface area contributed by atoms with Crippen LogP contribution in [-0.4, -0.2) is 33.0 Å². The SMILES string of the molecule is CC(C)n1cc(SNC(=O)Nc2cc(B(O)O)ccc2C2CC2)cn1. The first-order valence-electron chi connectivity index (χ1n) is 8.22. The highest BCUT2D eigenvalue weighted by atomic mass is 32.2. The third-order valence-electron chi connectivity index (χ3n) is 4.01. The number of carbonyl (C=O) groups excluding carboxylic acids is 1. The molecule has 4 N–H and O–H groups in total. The molecule has 2 aromatic rings. The van der Waals surface area contributed by atoms with Crippen LogP contribution in [0.25, 0.3) is 0 Å². The van der Waals surface area contributed by atoms with E-state index in [2.05, 4.69) is 15.1 Å². The van der Waals surface area contributed by atoms with Crippen molar-refractivity contribution >= 4 is 36.2 Å². The molecule has 0 aliphatic heterocycles. The van der Waals surface area contributed by atoms with E-state index in [0.29, 0.717) is 17.1 Å². The molecule has 0 spiro atoms. The summed E-state index contributed by atoms with van der Waals surface area (Å²) in [5, 5.41) is 25.7. The lowest BCUT2D eigenvalue weighted by atomic mass is 9.79. The number of benzene rings is 1. The number of anilines is 1. The van der Waals surface area contributed by atoms with Crippen LogP contribution in [0.5, 0.6) is 0 Å². The van der Waals surface area contributed by atoms with E-state index in [9.17, 15) is 14.8 Å². The minimum absolute atomic E-state index is 0.261. The second-order valence-corrected chi connectivity index (χ2v) is 7.28. The molecule has 9 heteroatoms. The molecule has 1 fully saturated rings. The second kappa shape index (κ2) is 7.51. The minimum Gasteiger partial charge on any atom is -0.423 e. The number of rotatable bonds is 6. The molecular weight excluding hydrogens is 339 g/mol. The molecule has 25 heavy (non-hydrogen) atoms. The van der Waals surface area contributed by atoms with Gasteiger partial charge in [0.05, 0.1) is 11.1 Å². The molecule has 0 saturated heterocycles. The number of hydrogen-bond acceptors (Lipinski definition) is 5. The minimum atomic E-state index is -1.56. The Morgan fingerprint density at radius 3 is 2.76 bits per heavy atom. The molecule has 1 aromatic carbocycles. The van der Waals surface area contributed by atoms with Crippen LogP contribution in [0.1, 0.15) is 44.2 Å². The lowest BCUT2D eigenvalue weighted by Gasteiger charge is -2.13. The molecule has 0 unspecified atom stereocenters. The van der Waals surface area contributed by atoms with Gasteiger partial charge in [-0.2, -0.15) is 5.10 Å². The molecule has 1 aliphatic rings. The number of nitrogens with one attached hydrogen (secondary N) is 2. The van der Waals surface area contributed by atoms with Gasteiger partial charge in [0.15, 0.2) is 0 Å². The number of aromatic nitrogens is 2. The zero-order valence-corrected chi connectivity index (χ0v) is 15.0. The van der Waals surface area contributed by atoms with E-state index in [1.54, 1.807) is 18.3 Å². The van der Waals surface area contributed by atoms with Gasteiger partial charge in [-0.05, 0) is 61.6 Å². The lowest BCUT2D eigenvalue weighted by Crippen LogP contribution is -2.31. The number of nitrogens with zero attached hydrogens (tertiary/aromatic N) is 2. The number of hydrogen-bond donors (Lipinski definition) is 4. The summed E-state index contributed by atoms with van der Waals surface area (Å²) in [5.74, 6) is 0.428. The fourth-order valence-electron chi connectivity index (χ4n) is 2.50. The van der Waals surface area contributed by atoms with Crippen molar-refractivity contribution < 1.29 is 14.8 Å². The van der Waals surface area contributed by atoms with E-state index in [1.165, 1.54) is 11.9 Å². The summed E-state index contributed by atoms with van der Waals surface area (Å²) in [6, 6.07) is 5.03. The maximum Gasteiger partial charge on any atom is 0.488 e. The van der Waals surface area contributed by atoms with Gasteiger partial charge in [0.1, 0.15) is 0 Å². The molecule has 0 radical (unpaired) electrons. The molecule has 0 atom stereocenters. The summed E-state index contributed by atoms with van der Waals surface area (Å²) >= 11 is 1.18. The lowest BCUT2D eigenvalue weighted by molar-refractivity contribution is 0.257. The van der Waals surface area contributed by atoms with Crippen molar-refractivity contribution in [3.63, 3.8) is 0 Å². The molecular formula is C16H21BN4O3S. The van der Waals surface area contributed by atoms with Crippen molar-refractivity contribution in [1.82, 2.24) is 14.5 Å². The molecule has 7 nitrogen and oxygen atoms in total. The standard InChI is InChI=1S/C16H21BN4O3S/c1-10(2)21-9-13(8-18-21)25-20-16(22)19-15-7-12(17(23)24)5-6-14(15)11-3-4-11/h5-11,23-24H,3-4H2,1-2H3,(H2,19,20,22). The summed E-state index contributed by atoms with van der Waals surface area (Å²) in [4.78, 5) is 13.0. The molecule has 1 aromatic heterocycles. The van der Waals surface area contributed by atoms with Gasteiger partial charge in [0, 0.05) is 17.9 Å². The fraction of sp³-hybridized carbons (Fsp3) is 0.375. The van der Waals surface area contributed by atoms with Gasteiger partial charge in [-0.25, -0.2) is 4.79 Å². The van der Waals surface area contributed by atoms with E-state index in [1.807, 2.05) is 30.8 Å². The molecule has 0 bridgehead atoms. The highest BCUT2D eigenvalue weighted by Crippen LogP contribution is 2.43. The summed E-state index contributed by atoms with van der Waals surface area (Å²) in [6.45, 7) is 4.06. The van der Waals surface area contributed by atoms with Crippen molar-refractivity contribution in [3.8, 4) is 0 Å². The Morgan fingerprint density at radius 2 is 2.16 bits per heavy atom. The summed E-state index contributed by atoms with van der Waals surface area (Å²) in [5.41, 5.74) is 1.99. The predicted molar refractivity (Wildman–Crippen MR) is 98.9 cm³/mol. The average Bonchev–Trinajstić information content (AvgIpc) is 3.29. The van der Waals surface area contributed by atoms with Crippen LogP contribution in [0.2, 0.25) is 0 Å². The smallest absolute Gasteiger partial charge is 0.423 e. The maximum absolute atomic E-state index is 12.2. The summed E-state index contributed by atoms with van der Waals surface area (Å²) < 4.78 is 4.54. The van der Waals surface area contributed by atoms with Gasteiger partial charge in [0.2, 0.25) is 0 Å². The van der Waals surface area contributed by atoms with Crippen LogP contribution in [-0.2, 0) is 0 Å². The zero-order valence-electron chi connectivity index (χ0n) is 14.1. The van der Waals surface area contributed by atoms with Gasteiger partial charge < -0.3 is 15.4 Å². The Bertz CT molecular complexity index is 762. The quantitative estimate of drug-likeness (QED) is 0.466. The Balaban J connectivity index is 1.64. The van der Waals surface area contributed by atoms with Crippen LogP contribution in [0, 0.1) is 0 Å². The van der Waals surface area contributed by atoms with Crippen LogP contribution in [0.15, 0.2) is 35.5 Å². The van der Waals surface area contributed by atoms with Crippen LogP contribution in [0.4, 0.5) is 10.5 Å². The highest BCUT2D eigenvalue weighted by molar-refractivity contribution is 7.98. The second-order valence-electron chi connectivity index (χ2n) is 6.40. The maximum atomic E-state index is 12.2. The van der Waals surface area contributed by atoms with Gasteiger partial charge in [-0.15, -0.1) is 0 Å². The summed E-state index contributed by atoms with van der Waals surface area (Å²) in [6.07, 6.45) is 5.73. The Morgan fingerprint density at radius 1 is 1.40 bits per heavy atom. The average molecular weight is 360 g/mol. The van der Waals surface area contributed by atoms with Crippen molar-refractivity contribution in [2.24, 2.45) is 0 Å². The number of carbonyl (C=O) groups is 1. The van der Waals surface area contributed by atoms with E-state index >= 15 is 0 Å². The van der Waals surface area contributed by atoms with Crippen molar-refractivity contribution in [1.29, 1.82) is 0 Å². The largest absolute Gasteiger partial charge is 0.488 e. The van der Waals surface area contributed by atoms with Crippen molar-refractivity contribution in [2.75, 3.05) is 5.32 Å². The molecule has 2 amide bonds. The third kappa shape index (κ3) is 4.56. The Kier molecular flexibility index (Phi) is 5.36. The van der Waals surface area contributed by atoms with Crippen molar-refractivity contribution in [2.45, 2.75) is 43.5 Å². The molecule has 1 saturated carbocycles. The van der Waals surface area contributed by atoms with Gasteiger partial charge in [-0.3, -0.25) is 9.40 Å².